The molecule has 1 aliphatic carbocycles. The van der Waals surface area contributed by atoms with Gasteiger partial charge in [0.15, 0.2) is 0 Å². The summed E-state index contributed by atoms with van der Waals surface area (Å²) in [7, 11) is 34.2. The number of carbonyl (C=O) groups excluding carboxylic acids is 6. The topological polar surface area (TPSA) is 231 Å². The number of rotatable bonds is 18. The largest absolute Gasteiger partial charge is 1.00 e. The van der Waals surface area contributed by atoms with Crippen molar-refractivity contribution in [2.24, 2.45) is 4.99 Å². The number of aliphatic carboxylic acids is 1. The molecule has 0 atom stereocenters. The van der Waals surface area contributed by atoms with Crippen molar-refractivity contribution in [2.75, 3.05) is 185 Å². The maximum absolute atomic E-state index is 13.2. The van der Waals surface area contributed by atoms with E-state index in [9.17, 15) is 38.3 Å². The Morgan fingerprint density at radius 2 is 0.855 bits per heavy atom. The van der Waals surface area contributed by atoms with Gasteiger partial charge in [0.25, 0.3) is 0 Å². The smallest absolute Gasteiger partial charge is 0.870 e. The van der Waals surface area contributed by atoms with Crippen molar-refractivity contribution < 1.29 is 84.1 Å². The number of carbonyl (C=O) groups is 5. The number of ether oxygens (including phenoxy) is 2. The van der Waals surface area contributed by atoms with Gasteiger partial charge < -0.3 is 59.2 Å². The van der Waals surface area contributed by atoms with Gasteiger partial charge in [-0.15, -0.1) is 11.3 Å². The van der Waals surface area contributed by atoms with E-state index >= 15 is 0 Å². The number of aliphatic imine (C=N–C) groups is 1. The molecule has 0 spiro atoms. The van der Waals surface area contributed by atoms with Crippen molar-refractivity contribution in [1.82, 2.24) is 9.56 Å². The van der Waals surface area contributed by atoms with Crippen LogP contribution in [-0.2, 0) is 44.7 Å². The first kappa shape index (κ1) is 89.7. The van der Waals surface area contributed by atoms with Gasteiger partial charge in [0.2, 0.25) is 23.3 Å². The fraction of sp³-hybridized carbons (Fsp3) is 0.341. The van der Waals surface area contributed by atoms with Crippen LogP contribution in [0.2, 0.25) is 0 Å². The van der Waals surface area contributed by atoms with Gasteiger partial charge in [0.1, 0.15) is 14.1 Å². The second kappa shape index (κ2) is 43.4. The van der Waals surface area contributed by atoms with E-state index in [1.54, 1.807) is 44.7 Å². The van der Waals surface area contributed by atoms with Gasteiger partial charge >= 0.3 is 41.5 Å². The van der Waals surface area contributed by atoms with Crippen molar-refractivity contribution in [3.8, 4) is 10.6 Å². The Balaban J connectivity index is 0.000000253. The third-order valence-corrected chi connectivity index (χ3v) is 21.8. The van der Waals surface area contributed by atoms with Crippen molar-refractivity contribution in [3.05, 3.63) is 162 Å². The van der Waals surface area contributed by atoms with Gasteiger partial charge in [-0.3, -0.25) is 33.4 Å². The maximum Gasteiger partial charge on any atom is 1.00 e. The summed E-state index contributed by atoms with van der Waals surface area (Å²) in [4.78, 5) is 102. The second-order valence-electron chi connectivity index (χ2n) is 26.8. The molecule has 0 aromatic heterocycles. The van der Waals surface area contributed by atoms with Gasteiger partial charge in [0, 0.05) is 205 Å². The number of fused-ring (bicyclic) bond motifs is 8. The Morgan fingerprint density at radius 3 is 1.22 bits per heavy atom. The number of alkyl halides is 1. The number of anilines is 11. The normalized spacial score (nSPS) is 11.4. The maximum atomic E-state index is 13.2. The number of halogens is 1. The molecule has 0 saturated carbocycles. The summed E-state index contributed by atoms with van der Waals surface area (Å²) in [6.07, 6.45) is 3.79. The number of carboxylic acid groups (broad SMARTS) is 1. The van der Waals surface area contributed by atoms with Gasteiger partial charge in [-0.1, -0.05) is 47.4 Å². The average molecular weight is 1590 g/mol. The molecule has 28 heteroatoms. The number of esters is 2. The fourth-order valence-corrected chi connectivity index (χ4v) is 15.6. The van der Waals surface area contributed by atoms with E-state index in [1.165, 1.54) is 73.2 Å². The molecule has 7 aromatic rings. The molecule has 4 heterocycles. The van der Waals surface area contributed by atoms with Gasteiger partial charge in [-0.05, 0) is 158 Å². The number of amides is 2. The number of nitrogens with zero attached hydrogens (tertiary/aromatic N) is 12. The van der Waals surface area contributed by atoms with Crippen LogP contribution in [0.3, 0.4) is 0 Å². The molecule has 12 rings (SSSR count). The van der Waals surface area contributed by atoms with Gasteiger partial charge in [-0.25, -0.2) is 19.3 Å². The first-order valence-corrected chi connectivity index (χ1v) is 38.0. The fourth-order valence-electron chi connectivity index (χ4n) is 11.2. The molecular formula is C82H100FN12NaO10S4. The van der Waals surface area contributed by atoms with Crippen LogP contribution in [0.5, 0.6) is 0 Å². The van der Waals surface area contributed by atoms with Crippen molar-refractivity contribution in [3.63, 3.8) is 0 Å². The van der Waals surface area contributed by atoms with E-state index < -0.39 is 13.1 Å². The van der Waals surface area contributed by atoms with E-state index in [1.807, 2.05) is 126 Å². The number of methoxy groups -OCH3 is 2. The predicted octanol–water partition coefficient (Wildman–Crippen LogP) is 10.8. The molecule has 1 N–H and O–H groups in total. The third-order valence-electron chi connectivity index (χ3n) is 17.3. The number of isocyanates is 1. The Morgan fingerprint density at radius 1 is 0.509 bits per heavy atom. The van der Waals surface area contributed by atoms with E-state index in [2.05, 4.69) is 197 Å². The quantitative estimate of drug-likeness (QED) is 0.0194. The van der Waals surface area contributed by atoms with Crippen LogP contribution < -0.4 is 88.7 Å². The molecule has 110 heavy (non-hydrogen) atoms. The molecule has 0 bridgehead atoms. The van der Waals surface area contributed by atoms with Crippen LogP contribution in [0, 0.1) is 0 Å². The van der Waals surface area contributed by atoms with E-state index in [0.717, 1.165) is 82.7 Å². The van der Waals surface area contributed by atoms with Crippen LogP contribution >= 0.6 is 46.6 Å². The minimum absolute atomic E-state index is 0. The molecular weight excluding hydrogens is 1480 g/mol. The van der Waals surface area contributed by atoms with Gasteiger partial charge in [0.05, 0.1) is 79.2 Å². The van der Waals surface area contributed by atoms with Crippen LogP contribution in [0.4, 0.5) is 67.0 Å². The number of aromatic nitrogens is 1. The number of benzene rings is 8. The molecule has 580 valence electrons. The standard InChI is InChI=1S/C22H27N3O3S.C21H25N3O3S.C17H20N2S.C16H18N3S.C5H7NO3.CH3F.Na.H2O/c1-23(2)15-9-11-17-19(13-15)29-20-14-16(24(3)4)10-12-18(20)25(17)21(26)7-6-8-22(27)28-5;1-22(2)14-8-10-16-18(12-14)28-19-13-15(23(3)4)9-11-17(19)24(16)20(25)6-5-7-21(26)27;1-18(2)14-7-5-12-9-13-6-8-15(19(3)4)11-17(13)20-16(12)10-14;1-18(2)11-5-7-13-15(9-11)20-16-10-12(19(3)4)6-8-14(16)17-13;1-9-5(8)2-3-6-4-7;1-2;;/h9-14H,6-8H2,1-5H3;8-13H,5-7H2,1-4H3,(H,26,27);5-8,10-11H,9H2,1-4H3;5-10H,1-4H3;2-3H2,1H3;1H3;;1H2/q;;;+1;;;+1;/p-2/i;;;;;1D;;. The summed E-state index contributed by atoms with van der Waals surface area (Å²) < 4.78 is 27.8. The van der Waals surface area contributed by atoms with E-state index in [-0.39, 0.29) is 104 Å². The molecule has 0 fully saturated rings. The first-order valence-electron chi connectivity index (χ1n) is 35.4. The average Bonchev–Trinajstić information content (AvgIpc) is 0.778. The van der Waals surface area contributed by atoms with Crippen LogP contribution in [-0.4, -0.2) is 187 Å². The zero-order chi connectivity index (χ0) is 79.9. The first-order chi connectivity index (χ1) is 51.9. The Hall–Kier alpha value is -9.15. The van der Waals surface area contributed by atoms with E-state index in [0.29, 0.717) is 6.42 Å². The monoisotopic (exact) mass is 1580 g/mol. The Labute approximate surface area is 686 Å². The SMILES string of the molecule is CN(C)c1ccc2c(c1)Sc1cc(N(C)C)ccc1C2.CN(C)c1ccc2c(c1)Sc1cc(N(C)C)ccc1N2C(=O)CCCC(=O)[O-].CN(C)c1ccc2nc3ccc(=[N+](C)C)cc-3sc2c1.COC(=O)CCCC(=O)N1c2ccc(N(C)C)cc2Sc2cc(N(C)C)ccc21.COC(=O)CCN=C=O.[2H]CF.[Na+].[OH-]. The van der Waals surface area contributed by atoms with Crippen molar-refractivity contribution in [1.29, 1.82) is 0 Å². The molecule has 2 amide bonds. The summed E-state index contributed by atoms with van der Waals surface area (Å²) in [5.41, 5.74) is 16.5. The predicted molar refractivity (Wildman–Crippen MR) is 445 cm³/mol. The molecule has 5 aliphatic rings. The zero-order valence-electron chi connectivity index (χ0n) is 67.4. The molecule has 4 aliphatic heterocycles. The third kappa shape index (κ3) is 24.7. The summed E-state index contributed by atoms with van der Waals surface area (Å²) in [5.74, 6) is -1.92. The summed E-state index contributed by atoms with van der Waals surface area (Å²) in [6.45, 7) is 0.163. The minimum Gasteiger partial charge on any atom is -0.870 e. The second-order valence-corrected chi connectivity index (χ2v) is 31.1. The molecule has 7 aromatic carbocycles. The van der Waals surface area contributed by atoms with Crippen LogP contribution in [0.25, 0.3) is 20.8 Å². The van der Waals surface area contributed by atoms with Crippen molar-refractivity contribution in [2.45, 2.75) is 80.7 Å². The Bertz CT molecular complexity index is 4620. The molecule has 0 saturated heterocycles. The van der Waals surface area contributed by atoms with Crippen molar-refractivity contribution >= 4 is 155 Å². The molecule has 22 nitrogen and oxygen atoms in total. The van der Waals surface area contributed by atoms with Gasteiger partial charge in [-0.2, -0.15) is 0 Å². The Kier molecular flexibility index (Phi) is 35.4. The zero-order valence-corrected chi connectivity index (χ0v) is 71.7. The van der Waals surface area contributed by atoms with Crippen LogP contribution in [0.15, 0.2) is 180 Å². The van der Waals surface area contributed by atoms with Crippen LogP contribution in [0.1, 0.15) is 57.4 Å². The summed E-state index contributed by atoms with van der Waals surface area (Å²) >= 11 is 7.01. The number of hydrogen-bond acceptors (Lipinski definition) is 23. The van der Waals surface area contributed by atoms with E-state index in [4.69, 9.17) is 6.35 Å². The molecule has 0 radical (unpaired) electrons. The number of carboxylic acids is 1. The summed E-state index contributed by atoms with van der Waals surface area (Å²) in [5, 5.41) is 11.9. The number of hydrogen-bond donors (Lipinski definition) is 0. The molecule has 0 unspecified atom stereocenters. The minimum atomic E-state index is -1.13. The summed E-state index contributed by atoms with van der Waals surface area (Å²) in [6, 6.07) is 50.7.